The van der Waals surface area contributed by atoms with Gasteiger partial charge < -0.3 is 24.6 Å². The van der Waals surface area contributed by atoms with Gasteiger partial charge in [0.05, 0.1) is 40.4 Å². The highest BCUT2D eigenvalue weighted by Gasteiger charge is 2.29. The number of nitrogens with one attached hydrogen (secondary N) is 1. The molecule has 0 spiro atoms. The monoisotopic (exact) mass is 547 g/mol. The number of nitrogens with zero attached hydrogens (tertiary/aromatic N) is 6. The predicted molar refractivity (Wildman–Crippen MR) is 149 cm³/mol. The zero-order chi connectivity index (χ0) is 27.2. The van der Waals surface area contributed by atoms with Gasteiger partial charge in [-0.25, -0.2) is 9.97 Å². The second-order valence-corrected chi connectivity index (χ2v) is 9.97. The van der Waals surface area contributed by atoms with Crippen molar-refractivity contribution in [2.75, 3.05) is 39.1 Å². The average molecular weight is 548 g/mol. The van der Waals surface area contributed by atoms with Gasteiger partial charge in [0.1, 0.15) is 36.9 Å². The Hall–Kier alpha value is -4.02. The molecular formula is C28H30ClN7O3. The second kappa shape index (κ2) is 12.2. The van der Waals surface area contributed by atoms with E-state index in [1.165, 1.54) is 6.33 Å². The van der Waals surface area contributed by atoms with Crippen LogP contribution in [0.5, 0.6) is 11.5 Å². The van der Waals surface area contributed by atoms with Crippen LogP contribution in [0.3, 0.4) is 0 Å². The number of rotatable bonds is 10. The van der Waals surface area contributed by atoms with E-state index in [0.29, 0.717) is 41.2 Å². The molecule has 0 unspecified atom stereocenters. The number of hydrogen-bond acceptors (Lipinski definition) is 9. The lowest BCUT2D eigenvalue weighted by atomic mass is 10.2. The van der Waals surface area contributed by atoms with E-state index >= 15 is 0 Å². The van der Waals surface area contributed by atoms with Gasteiger partial charge in [0.25, 0.3) is 0 Å². The molecule has 3 heterocycles. The molecule has 0 radical (unpaired) electrons. The highest BCUT2D eigenvalue weighted by molar-refractivity contribution is 6.32. The van der Waals surface area contributed by atoms with Crippen molar-refractivity contribution >= 4 is 39.9 Å². The molecule has 1 aliphatic rings. The Labute approximate surface area is 232 Å². The van der Waals surface area contributed by atoms with Crippen molar-refractivity contribution in [3.63, 3.8) is 0 Å². The van der Waals surface area contributed by atoms with Gasteiger partial charge in [0.2, 0.25) is 5.91 Å². The number of fused-ring (bicyclic) bond motifs is 1. The lowest BCUT2D eigenvalue weighted by Gasteiger charge is -2.26. The van der Waals surface area contributed by atoms with E-state index < -0.39 is 0 Å². The maximum Gasteiger partial charge on any atom is 0.237 e. The number of likely N-dealkylation sites (N-methyl/N-ethyl adjacent to an activating group) is 1. The molecule has 202 valence electrons. The smallest absolute Gasteiger partial charge is 0.237 e. The summed E-state index contributed by atoms with van der Waals surface area (Å²) in [5.74, 6) is 1.90. The van der Waals surface area contributed by atoms with E-state index in [-0.39, 0.29) is 18.6 Å². The largest absolute Gasteiger partial charge is 0.491 e. The summed E-state index contributed by atoms with van der Waals surface area (Å²) in [4.78, 5) is 33.7. The van der Waals surface area contributed by atoms with Gasteiger partial charge >= 0.3 is 0 Å². The maximum absolute atomic E-state index is 12.7. The van der Waals surface area contributed by atoms with E-state index in [1.807, 2.05) is 48.2 Å². The third kappa shape index (κ3) is 6.52. The van der Waals surface area contributed by atoms with Gasteiger partial charge in [-0.3, -0.25) is 14.8 Å². The molecule has 1 amide bonds. The normalized spacial score (nSPS) is 15.1. The van der Waals surface area contributed by atoms with Gasteiger partial charge in [0.15, 0.2) is 0 Å². The molecule has 1 saturated heterocycles. The van der Waals surface area contributed by atoms with Gasteiger partial charge in [-0.15, -0.1) is 0 Å². The van der Waals surface area contributed by atoms with E-state index in [0.717, 1.165) is 36.0 Å². The minimum absolute atomic E-state index is 0.0296. The molecule has 39 heavy (non-hydrogen) atoms. The molecule has 1 N–H and O–H groups in total. The zero-order valence-corrected chi connectivity index (χ0v) is 22.6. The lowest BCUT2D eigenvalue weighted by Crippen LogP contribution is -2.43. The summed E-state index contributed by atoms with van der Waals surface area (Å²) in [6, 6.07) is 11.2. The Morgan fingerprint density at radius 1 is 1.13 bits per heavy atom. The minimum atomic E-state index is 0.0296. The fraction of sp³-hybridized carbons (Fsp3) is 0.321. The molecule has 0 saturated carbocycles. The Morgan fingerprint density at radius 2 is 2.03 bits per heavy atom. The average Bonchev–Trinajstić information content (AvgIpc) is 3.41. The van der Waals surface area contributed by atoms with Crippen molar-refractivity contribution in [2.24, 2.45) is 0 Å². The Kier molecular flexibility index (Phi) is 8.33. The first-order chi connectivity index (χ1) is 19.0. The predicted octanol–water partition coefficient (Wildman–Crippen LogP) is 4.33. The summed E-state index contributed by atoms with van der Waals surface area (Å²) >= 11 is 6.51. The summed E-state index contributed by atoms with van der Waals surface area (Å²) < 4.78 is 12.1. The minimum Gasteiger partial charge on any atom is -0.491 e. The highest BCUT2D eigenvalue weighted by atomic mass is 35.5. The van der Waals surface area contributed by atoms with Crippen molar-refractivity contribution in [1.82, 2.24) is 29.7 Å². The first-order valence-electron chi connectivity index (χ1n) is 12.7. The van der Waals surface area contributed by atoms with Crippen LogP contribution in [0.2, 0.25) is 5.02 Å². The third-order valence-electron chi connectivity index (χ3n) is 6.39. The van der Waals surface area contributed by atoms with Crippen LogP contribution >= 0.6 is 11.6 Å². The number of ether oxygens (including phenoxy) is 2. The number of amides is 1. The van der Waals surface area contributed by atoms with Crippen LogP contribution in [0.15, 0.2) is 61.3 Å². The van der Waals surface area contributed by atoms with Gasteiger partial charge in [0, 0.05) is 24.6 Å². The third-order valence-corrected chi connectivity index (χ3v) is 6.69. The summed E-state index contributed by atoms with van der Waals surface area (Å²) in [6.07, 6.45) is 8.27. The first-order valence-corrected chi connectivity index (χ1v) is 13.1. The highest BCUT2D eigenvalue weighted by Crippen LogP contribution is 2.34. The number of halogens is 1. The molecule has 0 bridgehead atoms. The fourth-order valence-electron chi connectivity index (χ4n) is 4.57. The van der Waals surface area contributed by atoms with Crippen LogP contribution in [0, 0.1) is 0 Å². The van der Waals surface area contributed by atoms with E-state index in [9.17, 15) is 4.79 Å². The second-order valence-electron chi connectivity index (χ2n) is 9.56. The standard InChI is InChI=1S/C28H30ClN7O3/c1-35(2)15-26(37)36-12-4-5-21(36)17-39-25-7-3-6-23-27(25)28(33-18-32-23)34-19-8-9-24(22(29)13-19)38-16-20-14-30-10-11-31-20/h3,6-11,13-14,18,21H,4-5,12,15-17H2,1-2H3,(H,32,33,34)/t21-/m0/s1. The van der Waals surface area contributed by atoms with Crippen molar-refractivity contribution < 1.29 is 14.3 Å². The summed E-state index contributed by atoms with van der Waals surface area (Å²) in [5, 5.41) is 4.54. The number of carbonyl (C=O) groups excluding carboxylic acids is 1. The number of benzene rings is 2. The van der Waals surface area contributed by atoms with Crippen molar-refractivity contribution in [2.45, 2.75) is 25.5 Å². The molecule has 10 nitrogen and oxygen atoms in total. The van der Waals surface area contributed by atoms with Crippen LogP contribution in [0.1, 0.15) is 18.5 Å². The Bertz CT molecular complexity index is 1430. The van der Waals surface area contributed by atoms with E-state index in [4.69, 9.17) is 21.1 Å². The molecule has 4 aromatic rings. The summed E-state index contributed by atoms with van der Waals surface area (Å²) in [6.45, 7) is 1.80. The fourth-order valence-corrected chi connectivity index (χ4v) is 4.80. The Morgan fingerprint density at radius 3 is 2.82 bits per heavy atom. The molecule has 1 fully saturated rings. The van der Waals surface area contributed by atoms with Gasteiger partial charge in [-0.2, -0.15) is 0 Å². The van der Waals surface area contributed by atoms with Crippen LogP contribution in [0.4, 0.5) is 11.5 Å². The van der Waals surface area contributed by atoms with Crippen molar-refractivity contribution in [3.8, 4) is 11.5 Å². The number of aromatic nitrogens is 4. The topological polar surface area (TPSA) is 106 Å². The van der Waals surface area contributed by atoms with Gasteiger partial charge in [-0.1, -0.05) is 17.7 Å². The van der Waals surface area contributed by atoms with E-state index in [2.05, 4.69) is 25.3 Å². The molecule has 5 rings (SSSR count). The van der Waals surface area contributed by atoms with Crippen LogP contribution < -0.4 is 14.8 Å². The molecule has 2 aromatic carbocycles. The van der Waals surface area contributed by atoms with Crippen molar-refractivity contribution in [1.29, 1.82) is 0 Å². The molecule has 1 atom stereocenters. The Balaban J connectivity index is 1.31. The maximum atomic E-state index is 12.7. The molecule has 11 heteroatoms. The molecule has 2 aromatic heterocycles. The quantitative estimate of drug-likeness (QED) is 0.310. The van der Waals surface area contributed by atoms with Gasteiger partial charge in [-0.05, 0) is 57.3 Å². The van der Waals surface area contributed by atoms with Crippen LogP contribution in [-0.4, -0.2) is 75.5 Å². The lowest BCUT2D eigenvalue weighted by molar-refractivity contribution is -0.133. The molecule has 0 aliphatic carbocycles. The number of likely N-dealkylation sites (tertiary alicyclic amines) is 1. The number of carbonyl (C=O) groups is 1. The van der Waals surface area contributed by atoms with E-state index in [1.54, 1.807) is 30.7 Å². The summed E-state index contributed by atoms with van der Waals surface area (Å²) in [5.41, 5.74) is 2.18. The zero-order valence-electron chi connectivity index (χ0n) is 21.9. The number of hydrogen-bond donors (Lipinski definition) is 1. The SMILES string of the molecule is CN(C)CC(=O)N1CCC[C@H]1COc1cccc2ncnc(Nc3ccc(OCc4cnccn4)c(Cl)c3)c12. The van der Waals surface area contributed by atoms with Crippen LogP contribution in [0.25, 0.3) is 10.9 Å². The number of anilines is 2. The summed E-state index contributed by atoms with van der Waals surface area (Å²) in [7, 11) is 3.80. The van der Waals surface area contributed by atoms with Crippen molar-refractivity contribution in [3.05, 3.63) is 72.0 Å². The molecular weight excluding hydrogens is 518 g/mol. The first kappa shape index (κ1) is 26.6. The molecule has 1 aliphatic heterocycles. The van der Waals surface area contributed by atoms with Crippen LogP contribution in [-0.2, 0) is 11.4 Å².